The van der Waals surface area contributed by atoms with Crippen LogP contribution in [0.3, 0.4) is 0 Å². The van der Waals surface area contributed by atoms with Crippen molar-refractivity contribution in [3.8, 4) is 0 Å². The number of benzene rings is 1. The van der Waals surface area contributed by atoms with E-state index in [4.69, 9.17) is 4.52 Å². The van der Waals surface area contributed by atoms with Crippen LogP contribution in [0, 0.1) is 13.8 Å². The Kier molecular flexibility index (Phi) is 4.05. The summed E-state index contributed by atoms with van der Waals surface area (Å²) in [6.45, 7) is 3.75. The molecule has 0 spiro atoms. The number of pyridine rings is 1. The number of aromatic nitrogens is 2. The van der Waals surface area contributed by atoms with Gasteiger partial charge in [-0.25, -0.2) is 0 Å². The van der Waals surface area contributed by atoms with Crippen LogP contribution < -0.4 is 10.6 Å². The van der Waals surface area contributed by atoms with Gasteiger partial charge in [0.05, 0.1) is 17.4 Å². The van der Waals surface area contributed by atoms with Crippen LogP contribution in [0.1, 0.15) is 21.7 Å². The first-order chi connectivity index (χ1) is 11.1. The highest BCUT2D eigenvalue weighted by Crippen LogP contribution is 2.18. The second-order valence-electron chi connectivity index (χ2n) is 5.18. The van der Waals surface area contributed by atoms with Crippen molar-refractivity contribution in [3.63, 3.8) is 0 Å². The molecule has 0 radical (unpaired) electrons. The highest BCUT2D eigenvalue weighted by Gasteiger charge is 2.09. The molecule has 3 rings (SSSR count). The van der Waals surface area contributed by atoms with E-state index in [1.54, 1.807) is 18.3 Å². The average Bonchev–Trinajstić information content (AvgIpc) is 2.95. The predicted octanol–water partition coefficient (Wildman–Crippen LogP) is 3.68. The average molecular weight is 308 g/mol. The van der Waals surface area contributed by atoms with Crippen molar-refractivity contribution in [2.24, 2.45) is 0 Å². The molecule has 0 unspecified atom stereocenters. The number of hydrogen-bond acceptors (Lipinski definition) is 5. The highest BCUT2D eigenvalue weighted by molar-refractivity contribution is 6.05. The fourth-order valence-corrected chi connectivity index (χ4v) is 2.11. The van der Waals surface area contributed by atoms with Crippen molar-refractivity contribution in [2.75, 3.05) is 10.6 Å². The molecule has 6 heteroatoms. The van der Waals surface area contributed by atoms with Crippen LogP contribution in [-0.2, 0) is 0 Å². The summed E-state index contributed by atoms with van der Waals surface area (Å²) in [6, 6.07) is 11.1. The minimum Gasteiger partial charge on any atom is -0.360 e. The lowest BCUT2D eigenvalue weighted by Gasteiger charge is -2.09. The molecule has 1 aromatic carbocycles. The van der Waals surface area contributed by atoms with Gasteiger partial charge in [0.15, 0.2) is 5.82 Å². The molecule has 0 aliphatic rings. The SMILES string of the molecule is Cc1cc(Nc2cncc(C(=O)Nc3ccccc3C)c2)no1. The first kappa shape index (κ1) is 14.8. The second kappa shape index (κ2) is 6.31. The molecule has 0 saturated heterocycles. The fourth-order valence-electron chi connectivity index (χ4n) is 2.11. The van der Waals surface area contributed by atoms with Crippen LogP contribution in [0.5, 0.6) is 0 Å². The molecule has 6 nitrogen and oxygen atoms in total. The standard InChI is InChI=1S/C17H16N4O2/c1-11-5-3-4-6-15(11)20-17(22)13-8-14(10-18-9-13)19-16-7-12(2)23-21-16/h3-10H,1-2H3,(H,19,21)(H,20,22). The quantitative estimate of drug-likeness (QED) is 0.768. The van der Waals surface area contributed by atoms with Gasteiger partial charge in [0.2, 0.25) is 0 Å². The number of rotatable bonds is 4. The lowest BCUT2D eigenvalue weighted by Crippen LogP contribution is -2.13. The first-order valence-electron chi connectivity index (χ1n) is 7.14. The van der Waals surface area contributed by atoms with Gasteiger partial charge in [-0.15, -0.1) is 0 Å². The Bertz CT molecular complexity index is 842. The maximum Gasteiger partial charge on any atom is 0.257 e. The maximum atomic E-state index is 12.4. The van der Waals surface area contributed by atoms with E-state index in [-0.39, 0.29) is 5.91 Å². The van der Waals surface area contributed by atoms with Crippen LogP contribution in [-0.4, -0.2) is 16.0 Å². The van der Waals surface area contributed by atoms with E-state index in [0.29, 0.717) is 22.8 Å². The maximum absolute atomic E-state index is 12.4. The van der Waals surface area contributed by atoms with E-state index in [1.807, 2.05) is 38.1 Å². The minimum atomic E-state index is -0.216. The molecule has 0 bridgehead atoms. The molecular weight excluding hydrogens is 292 g/mol. The third-order valence-corrected chi connectivity index (χ3v) is 3.29. The number of aryl methyl sites for hydroxylation is 2. The van der Waals surface area contributed by atoms with E-state index in [2.05, 4.69) is 20.8 Å². The molecule has 1 amide bonds. The number of anilines is 3. The summed E-state index contributed by atoms with van der Waals surface area (Å²) in [6.07, 6.45) is 3.14. The van der Waals surface area contributed by atoms with Crippen molar-refractivity contribution in [3.05, 3.63) is 65.7 Å². The molecule has 2 heterocycles. The molecule has 2 N–H and O–H groups in total. The van der Waals surface area contributed by atoms with Crippen molar-refractivity contribution in [2.45, 2.75) is 13.8 Å². The molecule has 23 heavy (non-hydrogen) atoms. The Morgan fingerprint density at radius 3 is 2.70 bits per heavy atom. The van der Waals surface area contributed by atoms with Crippen LogP contribution in [0.2, 0.25) is 0 Å². The van der Waals surface area contributed by atoms with Gasteiger partial charge in [0, 0.05) is 18.0 Å². The molecule has 0 aliphatic carbocycles. The Morgan fingerprint density at radius 2 is 1.96 bits per heavy atom. The Hall–Kier alpha value is -3.15. The van der Waals surface area contributed by atoms with Gasteiger partial charge >= 0.3 is 0 Å². The zero-order chi connectivity index (χ0) is 16.2. The summed E-state index contributed by atoms with van der Waals surface area (Å²) in [5.74, 6) is 1.06. The van der Waals surface area contributed by atoms with Gasteiger partial charge in [0.1, 0.15) is 5.76 Å². The molecule has 2 aromatic heterocycles. The van der Waals surface area contributed by atoms with Gasteiger partial charge in [-0.05, 0) is 31.5 Å². The Morgan fingerprint density at radius 1 is 1.13 bits per heavy atom. The second-order valence-corrected chi connectivity index (χ2v) is 5.18. The lowest BCUT2D eigenvalue weighted by atomic mass is 10.2. The topological polar surface area (TPSA) is 80.0 Å². The first-order valence-corrected chi connectivity index (χ1v) is 7.14. The fraction of sp³-hybridized carbons (Fsp3) is 0.118. The Balaban J connectivity index is 1.76. The number of nitrogens with zero attached hydrogens (tertiary/aromatic N) is 2. The monoisotopic (exact) mass is 308 g/mol. The number of carbonyl (C=O) groups excluding carboxylic acids is 1. The summed E-state index contributed by atoms with van der Waals surface area (Å²) in [4.78, 5) is 16.5. The van der Waals surface area contributed by atoms with Gasteiger partial charge < -0.3 is 15.2 Å². The number of nitrogens with one attached hydrogen (secondary N) is 2. The van der Waals surface area contributed by atoms with E-state index in [1.165, 1.54) is 6.20 Å². The molecule has 0 fully saturated rings. The summed E-state index contributed by atoms with van der Waals surface area (Å²) < 4.78 is 4.99. The lowest BCUT2D eigenvalue weighted by molar-refractivity contribution is 0.102. The molecule has 0 aliphatic heterocycles. The van der Waals surface area contributed by atoms with Crippen LogP contribution in [0.4, 0.5) is 17.2 Å². The van der Waals surface area contributed by atoms with Crippen molar-refractivity contribution in [1.29, 1.82) is 0 Å². The number of amides is 1. The zero-order valence-corrected chi connectivity index (χ0v) is 12.8. The molecular formula is C17H16N4O2. The van der Waals surface area contributed by atoms with Crippen molar-refractivity contribution >= 4 is 23.1 Å². The van der Waals surface area contributed by atoms with E-state index >= 15 is 0 Å². The molecule has 0 saturated carbocycles. The van der Waals surface area contributed by atoms with Crippen molar-refractivity contribution in [1.82, 2.24) is 10.1 Å². The number of para-hydroxylation sites is 1. The van der Waals surface area contributed by atoms with E-state index in [9.17, 15) is 4.79 Å². The zero-order valence-electron chi connectivity index (χ0n) is 12.8. The normalized spacial score (nSPS) is 10.3. The van der Waals surface area contributed by atoms with E-state index in [0.717, 1.165) is 11.3 Å². The van der Waals surface area contributed by atoms with Crippen LogP contribution in [0.25, 0.3) is 0 Å². The third-order valence-electron chi connectivity index (χ3n) is 3.29. The Labute approximate surface area is 133 Å². The van der Waals surface area contributed by atoms with E-state index < -0.39 is 0 Å². The summed E-state index contributed by atoms with van der Waals surface area (Å²) in [7, 11) is 0. The summed E-state index contributed by atoms with van der Waals surface area (Å²) in [5.41, 5.74) is 2.90. The smallest absolute Gasteiger partial charge is 0.257 e. The molecule has 3 aromatic rings. The molecule has 0 atom stereocenters. The highest BCUT2D eigenvalue weighted by atomic mass is 16.5. The predicted molar refractivity (Wildman–Crippen MR) is 87.9 cm³/mol. The van der Waals surface area contributed by atoms with Gasteiger partial charge in [-0.2, -0.15) is 0 Å². The summed E-state index contributed by atoms with van der Waals surface area (Å²) >= 11 is 0. The van der Waals surface area contributed by atoms with Crippen molar-refractivity contribution < 1.29 is 9.32 Å². The van der Waals surface area contributed by atoms with Gasteiger partial charge in [0.25, 0.3) is 5.91 Å². The molecule has 116 valence electrons. The number of hydrogen-bond donors (Lipinski definition) is 2. The van der Waals surface area contributed by atoms with Gasteiger partial charge in [-0.3, -0.25) is 9.78 Å². The van der Waals surface area contributed by atoms with Gasteiger partial charge in [-0.1, -0.05) is 23.4 Å². The summed E-state index contributed by atoms with van der Waals surface area (Å²) in [5, 5.41) is 9.78. The van der Waals surface area contributed by atoms with Crippen LogP contribution in [0.15, 0.2) is 53.3 Å². The third kappa shape index (κ3) is 3.55. The van der Waals surface area contributed by atoms with Crippen LogP contribution >= 0.6 is 0 Å². The largest absolute Gasteiger partial charge is 0.360 e. The number of carbonyl (C=O) groups is 1. The minimum absolute atomic E-state index is 0.216.